The fraction of sp³-hybridized carbons (Fsp3) is 0.444. The lowest BCUT2D eigenvalue weighted by molar-refractivity contribution is 0.330. The number of nitrogens with zero attached hydrogens (tertiary/aromatic N) is 3. The van der Waals surface area contributed by atoms with Gasteiger partial charge >= 0.3 is 0 Å². The van der Waals surface area contributed by atoms with Gasteiger partial charge in [-0.25, -0.2) is 4.98 Å². The molecule has 0 saturated carbocycles. The third kappa shape index (κ3) is 2.18. The summed E-state index contributed by atoms with van der Waals surface area (Å²) in [7, 11) is 0. The van der Waals surface area contributed by atoms with Gasteiger partial charge in [0.1, 0.15) is 11.7 Å². The number of nitriles is 1. The van der Waals surface area contributed by atoms with Crippen LogP contribution in [0.2, 0.25) is 0 Å². The zero-order valence-electron chi connectivity index (χ0n) is 13.4. The van der Waals surface area contributed by atoms with Crippen molar-refractivity contribution in [2.24, 2.45) is 5.92 Å². The second-order valence-corrected chi connectivity index (χ2v) is 6.06. The van der Waals surface area contributed by atoms with E-state index in [4.69, 9.17) is 0 Å². The zero-order valence-corrected chi connectivity index (χ0v) is 13.4. The summed E-state index contributed by atoms with van der Waals surface area (Å²) in [6.45, 7) is 6.77. The minimum absolute atomic E-state index is 0.407. The molecule has 0 spiro atoms. The SMILES string of the molecule is CCCC(C)C(CC)n1cc(C#N)c2cnc3[nH]ccc3c21. The average Bonchev–Trinajstić information content (AvgIpc) is 3.12. The number of rotatable bonds is 5. The van der Waals surface area contributed by atoms with Crippen LogP contribution in [0.15, 0.2) is 24.7 Å². The Morgan fingerprint density at radius 2 is 2.18 bits per heavy atom. The molecular weight excluding hydrogens is 272 g/mol. The lowest BCUT2D eigenvalue weighted by Gasteiger charge is -2.25. The molecule has 1 N–H and O–H groups in total. The van der Waals surface area contributed by atoms with Crippen molar-refractivity contribution in [2.75, 3.05) is 0 Å². The second kappa shape index (κ2) is 5.84. The van der Waals surface area contributed by atoms with Gasteiger partial charge in [0.05, 0.1) is 11.1 Å². The van der Waals surface area contributed by atoms with Crippen LogP contribution < -0.4 is 0 Å². The fourth-order valence-corrected chi connectivity index (χ4v) is 3.61. The van der Waals surface area contributed by atoms with Crippen LogP contribution in [-0.2, 0) is 0 Å². The summed E-state index contributed by atoms with van der Waals surface area (Å²) in [5.41, 5.74) is 2.74. The Hall–Kier alpha value is -2.28. The standard InChI is InChI=1S/C18H22N4/c1-4-6-12(3)16(5-2)22-11-13(9-19)15-10-21-18-14(17(15)22)7-8-20-18/h7-8,10-12,16H,4-6H2,1-3H3,(H,20,21). The number of pyridine rings is 1. The van der Waals surface area contributed by atoms with Crippen molar-refractivity contribution in [3.8, 4) is 6.07 Å². The molecule has 0 bridgehead atoms. The van der Waals surface area contributed by atoms with Crippen molar-refractivity contribution in [3.63, 3.8) is 0 Å². The molecule has 3 aromatic heterocycles. The van der Waals surface area contributed by atoms with Gasteiger partial charge in [-0.3, -0.25) is 0 Å². The maximum absolute atomic E-state index is 9.47. The first kappa shape index (κ1) is 14.6. The van der Waals surface area contributed by atoms with Crippen LogP contribution in [0.25, 0.3) is 21.9 Å². The molecule has 2 unspecified atom stereocenters. The first-order valence-corrected chi connectivity index (χ1v) is 8.07. The minimum Gasteiger partial charge on any atom is -0.346 e. The van der Waals surface area contributed by atoms with E-state index in [1.165, 1.54) is 12.8 Å². The molecular formula is C18H22N4. The van der Waals surface area contributed by atoms with E-state index in [9.17, 15) is 5.26 Å². The molecule has 4 nitrogen and oxygen atoms in total. The van der Waals surface area contributed by atoms with Crippen LogP contribution >= 0.6 is 0 Å². The largest absolute Gasteiger partial charge is 0.346 e. The van der Waals surface area contributed by atoms with Crippen molar-refractivity contribution in [1.29, 1.82) is 5.26 Å². The highest BCUT2D eigenvalue weighted by Crippen LogP contribution is 2.34. The highest BCUT2D eigenvalue weighted by atomic mass is 15.0. The quantitative estimate of drug-likeness (QED) is 0.736. The van der Waals surface area contributed by atoms with E-state index in [0.717, 1.165) is 28.4 Å². The van der Waals surface area contributed by atoms with Gasteiger partial charge in [-0.1, -0.05) is 27.2 Å². The number of H-pyrrole nitrogens is 1. The molecule has 0 fully saturated rings. The van der Waals surface area contributed by atoms with E-state index >= 15 is 0 Å². The lowest BCUT2D eigenvalue weighted by atomic mass is 9.94. The summed E-state index contributed by atoms with van der Waals surface area (Å²) in [5, 5.41) is 11.5. The minimum atomic E-state index is 0.407. The van der Waals surface area contributed by atoms with Crippen LogP contribution in [0.3, 0.4) is 0 Å². The van der Waals surface area contributed by atoms with Crippen molar-refractivity contribution in [1.82, 2.24) is 14.5 Å². The molecule has 3 rings (SSSR count). The van der Waals surface area contributed by atoms with Crippen molar-refractivity contribution in [3.05, 3.63) is 30.2 Å². The Morgan fingerprint density at radius 3 is 2.86 bits per heavy atom. The number of hydrogen-bond donors (Lipinski definition) is 1. The molecule has 22 heavy (non-hydrogen) atoms. The van der Waals surface area contributed by atoms with Gasteiger partial charge in [-0.2, -0.15) is 5.26 Å². The van der Waals surface area contributed by atoms with Crippen LogP contribution in [0.4, 0.5) is 0 Å². The van der Waals surface area contributed by atoms with Crippen LogP contribution in [-0.4, -0.2) is 14.5 Å². The van der Waals surface area contributed by atoms with E-state index in [-0.39, 0.29) is 0 Å². The Morgan fingerprint density at radius 1 is 1.36 bits per heavy atom. The summed E-state index contributed by atoms with van der Waals surface area (Å²) in [6.07, 6.45) is 9.19. The smallest absolute Gasteiger partial charge is 0.139 e. The highest BCUT2D eigenvalue weighted by Gasteiger charge is 2.22. The van der Waals surface area contributed by atoms with Gasteiger partial charge < -0.3 is 9.55 Å². The summed E-state index contributed by atoms with van der Waals surface area (Å²) < 4.78 is 2.31. The van der Waals surface area contributed by atoms with Gasteiger partial charge in [0.2, 0.25) is 0 Å². The molecule has 0 aliphatic heterocycles. The van der Waals surface area contributed by atoms with Crippen LogP contribution in [0.1, 0.15) is 51.6 Å². The zero-order chi connectivity index (χ0) is 15.7. The molecule has 3 aromatic rings. The van der Waals surface area contributed by atoms with E-state index in [0.29, 0.717) is 17.5 Å². The van der Waals surface area contributed by atoms with Crippen LogP contribution in [0, 0.1) is 17.2 Å². The summed E-state index contributed by atoms with van der Waals surface area (Å²) >= 11 is 0. The normalized spacial score (nSPS) is 14.3. The lowest BCUT2D eigenvalue weighted by Crippen LogP contribution is -2.16. The van der Waals surface area contributed by atoms with E-state index in [1.807, 2.05) is 18.6 Å². The van der Waals surface area contributed by atoms with E-state index in [2.05, 4.69) is 47.4 Å². The third-order valence-corrected chi connectivity index (χ3v) is 4.67. The molecule has 114 valence electrons. The molecule has 0 saturated heterocycles. The number of hydrogen-bond acceptors (Lipinski definition) is 2. The molecule has 0 aromatic carbocycles. The monoisotopic (exact) mass is 294 g/mol. The Labute approximate surface area is 130 Å². The predicted octanol–water partition coefficient (Wildman–Crippen LogP) is 4.78. The Balaban J connectivity index is 2.28. The van der Waals surface area contributed by atoms with Crippen molar-refractivity contribution < 1.29 is 0 Å². The van der Waals surface area contributed by atoms with Gasteiger partial charge in [-0.05, 0) is 24.8 Å². The van der Waals surface area contributed by atoms with Gasteiger partial charge in [0, 0.05) is 35.4 Å². The molecule has 3 heterocycles. The topological polar surface area (TPSA) is 57.4 Å². The molecule has 4 heteroatoms. The Bertz CT molecular complexity index is 834. The van der Waals surface area contributed by atoms with Gasteiger partial charge in [0.25, 0.3) is 0 Å². The Kier molecular flexibility index (Phi) is 3.89. The molecule has 0 radical (unpaired) electrons. The molecule has 0 aliphatic rings. The maximum Gasteiger partial charge on any atom is 0.139 e. The van der Waals surface area contributed by atoms with Crippen molar-refractivity contribution >= 4 is 21.9 Å². The third-order valence-electron chi connectivity index (χ3n) is 4.67. The highest BCUT2D eigenvalue weighted by molar-refractivity contribution is 6.05. The number of aromatic amines is 1. The summed E-state index contributed by atoms with van der Waals surface area (Å²) in [4.78, 5) is 7.61. The number of nitrogens with one attached hydrogen (secondary N) is 1. The number of fused-ring (bicyclic) bond motifs is 3. The first-order chi connectivity index (χ1) is 10.7. The summed E-state index contributed by atoms with van der Waals surface area (Å²) in [5.74, 6) is 0.583. The number of aromatic nitrogens is 3. The van der Waals surface area contributed by atoms with Gasteiger partial charge in [-0.15, -0.1) is 0 Å². The second-order valence-electron chi connectivity index (χ2n) is 6.06. The maximum atomic E-state index is 9.47. The average molecular weight is 294 g/mol. The van der Waals surface area contributed by atoms with Crippen molar-refractivity contribution in [2.45, 2.75) is 46.1 Å². The first-order valence-electron chi connectivity index (χ1n) is 8.07. The summed E-state index contributed by atoms with van der Waals surface area (Å²) in [6, 6.07) is 4.79. The van der Waals surface area contributed by atoms with Gasteiger partial charge in [0.15, 0.2) is 0 Å². The fourth-order valence-electron chi connectivity index (χ4n) is 3.61. The molecule has 2 atom stereocenters. The van der Waals surface area contributed by atoms with Crippen LogP contribution in [0.5, 0.6) is 0 Å². The molecule has 0 amide bonds. The predicted molar refractivity (Wildman–Crippen MR) is 89.7 cm³/mol. The van der Waals surface area contributed by atoms with E-state index in [1.54, 1.807) is 0 Å². The van der Waals surface area contributed by atoms with E-state index < -0.39 is 0 Å². The molecule has 0 aliphatic carbocycles.